The fourth-order valence-corrected chi connectivity index (χ4v) is 6.15. The molecule has 4 heterocycles. The SMILES string of the molecule is COc1cc(Br)nc(NC(=O)[C@@H]2C[C@H]3CC3N2C(=O)Cn2c3ncnc(N)c3c3cc(C(F)(F)F)cc(C)c32)c1. The highest BCUT2D eigenvalue weighted by Crippen LogP contribution is 2.48. The Balaban J connectivity index is 1.35. The van der Waals surface area contributed by atoms with Crippen LogP contribution in [0.4, 0.5) is 24.8 Å². The first kappa shape index (κ1) is 26.3. The van der Waals surface area contributed by atoms with Gasteiger partial charge in [-0.3, -0.25) is 9.59 Å². The number of ether oxygens (including phenoxy) is 1. The van der Waals surface area contributed by atoms with Crippen LogP contribution in [0.2, 0.25) is 0 Å². The Labute approximate surface area is 233 Å². The van der Waals surface area contributed by atoms with Crippen molar-refractivity contribution in [3.8, 4) is 5.75 Å². The first-order chi connectivity index (χ1) is 19.0. The number of fused-ring (bicyclic) bond motifs is 4. The highest BCUT2D eigenvalue weighted by Gasteiger charge is 2.56. The van der Waals surface area contributed by atoms with Gasteiger partial charge in [-0.2, -0.15) is 13.2 Å². The normalized spacial score (nSPS) is 20.1. The highest BCUT2D eigenvalue weighted by atomic mass is 79.9. The van der Waals surface area contributed by atoms with Crippen molar-refractivity contribution in [1.29, 1.82) is 0 Å². The molecule has 1 aromatic carbocycles. The quantitative estimate of drug-likeness (QED) is 0.320. The number of aromatic nitrogens is 4. The number of halogens is 4. The number of benzene rings is 1. The van der Waals surface area contributed by atoms with E-state index in [0.29, 0.717) is 27.9 Å². The number of pyridine rings is 1. The first-order valence-corrected chi connectivity index (χ1v) is 13.2. The number of nitrogens with two attached hydrogens (primary N) is 1. The summed E-state index contributed by atoms with van der Waals surface area (Å²) in [4.78, 5) is 41.2. The molecule has 1 unspecified atom stereocenters. The second-order valence-corrected chi connectivity index (χ2v) is 10.9. The molecule has 14 heteroatoms. The Kier molecular flexibility index (Phi) is 6.13. The van der Waals surface area contributed by atoms with Gasteiger partial charge in [0.25, 0.3) is 0 Å². The summed E-state index contributed by atoms with van der Waals surface area (Å²) in [5.74, 6) is 0.258. The van der Waals surface area contributed by atoms with E-state index in [0.717, 1.165) is 18.6 Å². The van der Waals surface area contributed by atoms with Gasteiger partial charge in [0.1, 0.15) is 46.5 Å². The van der Waals surface area contributed by atoms with Gasteiger partial charge in [-0.05, 0) is 59.3 Å². The molecule has 3 aromatic heterocycles. The van der Waals surface area contributed by atoms with E-state index in [1.165, 1.54) is 13.4 Å². The summed E-state index contributed by atoms with van der Waals surface area (Å²) < 4.78 is 48.1. The lowest BCUT2D eigenvalue weighted by molar-refractivity contribution is -0.138. The van der Waals surface area contributed by atoms with Crippen LogP contribution in [-0.4, -0.2) is 55.4 Å². The van der Waals surface area contributed by atoms with Crippen molar-refractivity contribution in [3.05, 3.63) is 46.3 Å². The van der Waals surface area contributed by atoms with Crippen molar-refractivity contribution in [2.45, 2.75) is 44.6 Å². The maximum atomic E-state index is 13.8. The van der Waals surface area contributed by atoms with Crippen LogP contribution in [0.25, 0.3) is 21.9 Å². The molecule has 0 spiro atoms. The summed E-state index contributed by atoms with van der Waals surface area (Å²) >= 11 is 3.29. The number of methoxy groups -OCH3 is 1. The molecule has 0 radical (unpaired) electrons. The van der Waals surface area contributed by atoms with E-state index in [9.17, 15) is 22.8 Å². The number of aryl methyl sites for hydroxylation is 1. The van der Waals surface area contributed by atoms with Crippen molar-refractivity contribution in [2.75, 3.05) is 18.2 Å². The van der Waals surface area contributed by atoms with E-state index in [1.54, 1.807) is 28.5 Å². The minimum atomic E-state index is -4.57. The number of alkyl halides is 3. The Morgan fingerprint density at radius 3 is 2.70 bits per heavy atom. The van der Waals surface area contributed by atoms with Gasteiger partial charge in [-0.1, -0.05) is 0 Å². The smallest absolute Gasteiger partial charge is 0.416 e. The molecule has 208 valence electrons. The van der Waals surface area contributed by atoms with Crippen LogP contribution in [-0.2, 0) is 22.3 Å². The summed E-state index contributed by atoms with van der Waals surface area (Å²) in [6.45, 7) is 1.31. The average Bonchev–Trinajstić information content (AvgIpc) is 3.42. The van der Waals surface area contributed by atoms with Gasteiger partial charge in [0, 0.05) is 23.6 Å². The molecule has 0 bridgehead atoms. The van der Waals surface area contributed by atoms with E-state index in [2.05, 4.69) is 36.2 Å². The van der Waals surface area contributed by atoms with Gasteiger partial charge in [0.05, 0.1) is 23.6 Å². The summed E-state index contributed by atoms with van der Waals surface area (Å²) in [7, 11) is 1.50. The molecule has 1 aliphatic carbocycles. The van der Waals surface area contributed by atoms with Crippen molar-refractivity contribution < 1.29 is 27.5 Å². The van der Waals surface area contributed by atoms with Crippen LogP contribution < -0.4 is 15.8 Å². The molecule has 1 saturated heterocycles. The van der Waals surface area contributed by atoms with E-state index < -0.39 is 17.8 Å². The van der Waals surface area contributed by atoms with Crippen LogP contribution in [0.3, 0.4) is 0 Å². The molecule has 3 atom stereocenters. The molecule has 2 aliphatic rings. The minimum absolute atomic E-state index is 0.0116. The molecular formula is C26H23BrF3N7O3. The number of carbonyl (C=O) groups excluding carboxylic acids is 2. The maximum absolute atomic E-state index is 13.8. The monoisotopic (exact) mass is 617 g/mol. The predicted octanol–water partition coefficient (Wildman–Crippen LogP) is 4.29. The summed E-state index contributed by atoms with van der Waals surface area (Å²) in [6.07, 6.45) is -2.07. The van der Waals surface area contributed by atoms with E-state index in [-0.39, 0.29) is 58.4 Å². The Morgan fingerprint density at radius 2 is 1.98 bits per heavy atom. The number of likely N-dealkylation sites (tertiary alicyclic amines) is 1. The molecule has 1 saturated carbocycles. The molecule has 2 amide bonds. The third-order valence-electron chi connectivity index (χ3n) is 7.52. The van der Waals surface area contributed by atoms with Gasteiger partial charge in [0.2, 0.25) is 11.8 Å². The Bertz CT molecular complexity index is 1710. The van der Waals surface area contributed by atoms with Crippen LogP contribution in [0.5, 0.6) is 5.75 Å². The van der Waals surface area contributed by atoms with Crippen LogP contribution in [0.15, 0.2) is 35.2 Å². The Morgan fingerprint density at radius 1 is 1.20 bits per heavy atom. The average molecular weight is 618 g/mol. The third kappa shape index (κ3) is 4.39. The lowest BCUT2D eigenvalue weighted by atomic mass is 10.1. The molecule has 3 N–H and O–H groups in total. The minimum Gasteiger partial charge on any atom is -0.497 e. The third-order valence-corrected chi connectivity index (χ3v) is 7.93. The summed E-state index contributed by atoms with van der Waals surface area (Å²) in [5.41, 5.74) is 6.21. The summed E-state index contributed by atoms with van der Waals surface area (Å²) in [6, 6.07) is 4.46. The number of nitrogens with one attached hydrogen (secondary N) is 1. The van der Waals surface area contributed by atoms with Crippen molar-refractivity contribution in [2.24, 2.45) is 5.92 Å². The molecular weight excluding hydrogens is 595 g/mol. The van der Waals surface area contributed by atoms with Crippen molar-refractivity contribution in [1.82, 2.24) is 24.4 Å². The molecule has 6 rings (SSSR count). The molecule has 40 heavy (non-hydrogen) atoms. The lowest BCUT2D eigenvalue weighted by Crippen LogP contribution is -2.46. The van der Waals surface area contributed by atoms with Crippen LogP contribution in [0.1, 0.15) is 24.0 Å². The number of rotatable bonds is 5. The van der Waals surface area contributed by atoms with Crippen LogP contribution >= 0.6 is 15.9 Å². The molecule has 1 aliphatic heterocycles. The maximum Gasteiger partial charge on any atom is 0.416 e. The van der Waals surface area contributed by atoms with Crippen LogP contribution in [0, 0.1) is 12.8 Å². The predicted molar refractivity (Wildman–Crippen MR) is 143 cm³/mol. The number of nitrogens with zero attached hydrogens (tertiary/aromatic N) is 5. The van der Waals surface area contributed by atoms with Crippen molar-refractivity contribution in [3.63, 3.8) is 0 Å². The Hall–Kier alpha value is -3.94. The standard InChI is InChI=1S/C26H23BrF3N7O3/c1-11-3-13(26(28,29)30)6-15-21-23(31)32-10-33-24(21)36(22(11)15)9-20(38)37-16-4-12(16)5-17(37)25(39)35-19-8-14(40-2)7-18(27)34-19/h3,6-8,10,12,16-17H,4-5,9H2,1-2H3,(H2,31,32,33)(H,34,35,39)/t12-,16?,17+/m1/s1. The van der Waals surface area contributed by atoms with E-state index in [4.69, 9.17) is 10.5 Å². The first-order valence-electron chi connectivity index (χ1n) is 12.4. The topological polar surface area (TPSA) is 128 Å². The number of hydrogen-bond donors (Lipinski definition) is 2. The number of carbonyl (C=O) groups is 2. The number of nitrogen functional groups attached to an aromatic ring is 1. The number of amides is 2. The molecule has 4 aromatic rings. The second-order valence-electron chi connectivity index (χ2n) is 10.1. The van der Waals surface area contributed by atoms with Gasteiger partial charge >= 0.3 is 6.18 Å². The lowest BCUT2D eigenvalue weighted by Gasteiger charge is -2.27. The number of hydrogen-bond acceptors (Lipinski definition) is 7. The van der Waals surface area contributed by atoms with E-state index >= 15 is 0 Å². The summed E-state index contributed by atoms with van der Waals surface area (Å²) in [5, 5.41) is 3.23. The van der Waals surface area contributed by atoms with Gasteiger partial charge in [0.15, 0.2) is 0 Å². The number of piperidine rings is 1. The largest absolute Gasteiger partial charge is 0.497 e. The molecule has 2 fully saturated rings. The highest BCUT2D eigenvalue weighted by molar-refractivity contribution is 9.10. The second kappa shape index (κ2) is 9.32. The zero-order chi connectivity index (χ0) is 28.5. The zero-order valence-electron chi connectivity index (χ0n) is 21.3. The molecule has 10 nitrogen and oxygen atoms in total. The van der Waals surface area contributed by atoms with E-state index in [1.807, 2.05) is 0 Å². The van der Waals surface area contributed by atoms with Crippen molar-refractivity contribution >= 4 is 61.3 Å². The van der Waals surface area contributed by atoms with Gasteiger partial charge in [-0.15, -0.1) is 0 Å². The fourth-order valence-electron chi connectivity index (χ4n) is 5.74. The zero-order valence-corrected chi connectivity index (χ0v) is 22.9. The van der Waals surface area contributed by atoms with Gasteiger partial charge < -0.3 is 25.3 Å². The number of anilines is 2. The van der Waals surface area contributed by atoms with Gasteiger partial charge in [-0.25, -0.2) is 15.0 Å². The fraction of sp³-hybridized carbons (Fsp3) is 0.346.